The molecule has 3 saturated carbocycles. The molecule has 8 nitrogen and oxygen atoms in total. The van der Waals surface area contributed by atoms with Gasteiger partial charge in [0.15, 0.2) is 28.6 Å². The van der Waals surface area contributed by atoms with Crippen LogP contribution in [0.4, 0.5) is 8.78 Å². The number of fused-ring (bicyclic) bond motifs is 7. The minimum atomic E-state index is -4.30. The van der Waals surface area contributed by atoms with Crippen molar-refractivity contribution in [3.63, 3.8) is 0 Å². The van der Waals surface area contributed by atoms with E-state index in [0.717, 1.165) is 11.6 Å². The summed E-state index contributed by atoms with van der Waals surface area (Å²) in [5, 5.41) is 11.6. The van der Waals surface area contributed by atoms with Crippen LogP contribution in [0.25, 0.3) is 0 Å². The van der Waals surface area contributed by atoms with Gasteiger partial charge in [-0.15, -0.1) is 0 Å². The Kier molecular flexibility index (Phi) is 6.45. The van der Waals surface area contributed by atoms with Gasteiger partial charge in [0, 0.05) is 16.7 Å². The summed E-state index contributed by atoms with van der Waals surface area (Å²) < 4.78 is 77.0. The van der Waals surface area contributed by atoms with Gasteiger partial charge in [-0.1, -0.05) is 30.7 Å². The third-order valence-corrected chi connectivity index (χ3v) is 12.0. The fourth-order valence-corrected chi connectivity index (χ4v) is 9.68. The first-order valence-electron chi connectivity index (χ1n) is 14.2. The van der Waals surface area contributed by atoms with Crippen LogP contribution in [0.5, 0.6) is 0 Å². The molecule has 4 aliphatic carbocycles. The number of ether oxygens (including phenoxy) is 2. The van der Waals surface area contributed by atoms with Crippen LogP contribution in [-0.4, -0.2) is 67.1 Å². The SMILES string of the molecule is Cc1ccc(S(=O)(=O)OCC(=O)[C@@]23OC(C)(C)O[C@@H]2C[C@H]2[C@@H]4C[C@H](F)C5=CC(=O)C=C[C@]5(C)[C@@]4(F)[C@@H](O)C[C@@]23C)cc1. The van der Waals surface area contributed by atoms with Crippen LogP contribution in [0.15, 0.2) is 53.0 Å². The first-order valence-corrected chi connectivity index (χ1v) is 15.7. The van der Waals surface area contributed by atoms with Gasteiger partial charge in [0.2, 0.25) is 0 Å². The first kappa shape index (κ1) is 29.7. The van der Waals surface area contributed by atoms with Gasteiger partial charge in [-0.05, 0) is 82.7 Å². The molecule has 0 unspecified atom stereocenters. The molecule has 42 heavy (non-hydrogen) atoms. The maximum absolute atomic E-state index is 17.5. The zero-order valence-electron chi connectivity index (χ0n) is 24.2. The summed E-state index contributed by atoms with van der Waals surface area (Å²) in [6.45, 7) is 7.40. The molecule has 1 aromatic carbocycles. The van der Waals surface area contributed by atoms with Crippen LogP contribution in [-0.2, 0) is 33.4 Å². The zero-order valence-corrected chi connectivity index (χ0v) is 25.0. The van der Waals surface area contributed by atoms with E-state index >= 15 is 8.78 Å². The maximum Gasteiger partial charge on any atom is 0.297 e. The summed E-state index contributed by atoms with van der Waals surface area (Å²) in [7, 11) is -4.30. The van der Waals surface area contributed by atoms with Crippen LogP contribution in [0, 0.1) is 29.6 Å². The highest BCUT2D eigenvalue weighted by atomic mass is 32.2. The number of halogens is 2. The Morgan fingerprint density at radius 2 is 1.79 bits per heavy atom. The lowest BCUT2D eigenvalue weighted by Gasteiger charge is -2.63. The number of hydrogen-bond acceptors (Lipinski definition) is 8. The smallest absolute Gasteiger partial charge is 0.297 e. The third-order valence-electron chi connectivity index (χ3n) is 10.7. The van der Waals surface area contributed by atoms with Crippen molar-refractivity contribution in [2.45, 2.75) is 94.2 Å². The predicted octanol–water partition coefficient (Wildman–Crippen LogP) is 4.09. The van der Waals surface area contributed by atoms with Gasteiger partial charge in [-0.3, -0.25) is 13.8 Å². The molecule has 9 atom stereocenters. The second-order valence-electron chi connectivity index (χ2n) is 13.4. The fraction of sp³-hybridized carbons (Fsp3) is 0.613. The molecular formula is C31H36F2O8S. The summed E-state index contributed by atoms with van der Waals surface area (Å²) >= 11 is 0. The maximum atomic E-state index is 17.5. The van der Waals surface area contributed by atoms with E-state index in [-0.39, 0.29) is 29.7 Å². The molecule has 228 valence electrons. The number of ketones is 2. The molecule has 1 N–H and O–H groups in total. The lowest BCUT2D eigenvalue weighted by molar-refractivity contribution is -0.248. The largest absolute Gasteiger partial charge is 0.390 e. The van der Waals surface area contributed by atoms with Crippen molar-refractivity contribution in [2.75, 3.05) is 6.61 Å². The van der Waals surface area contributed by atoms with Crippen LogP contribution in [0.1, 0.15) is 52.5 Å². The zero-order chi connectivity index (χ0) is 30.7. The molecule has 6 rings (SSSR count). The number of carbonyl (C=O) groups excluding carboxylic acids is 2. The van der Waals surface area contributed by atoms with Crippen LogP contribution < -0.4 is 0 Å². The molecular weight excluding hydrogens is 570 g/mol. The Hall–Kier alpha value is -2.31. The Morgan fingerprint density at radius 3 is 2.45 bits per heavy atom. The molecule has 1 aromatic rings. The lowest BCUT2D eigenvalue weighted by atomic mass is 9.44. The standard InChI is InChI=1S/C31H36F2O8S/c1-17-6-8-19(9-7-17)42(37,38)39-16-25(36)31-26(40-27(2,3)41-31)14-20-21-13-23(32)22-12-18(34)10-11-28(22,4)30(21,33)24(35)15-29(20,31)5/h6-12,20-21,23-24,26,35H,13-16H2,1-5H3/t20-,21-,23-,24-,26+,28-,29-,30-,31+/m0/s1. The number of Topliss-reactive ketones (excluding diaryl/α,β-unsaturated/α-hetero) is 1. The Morgan fingerprint density at radius 1 is 1.12 bits per heavy atom. The quantitative estimate of drug-likeness (QED) is 0.499. The first-order chi connectivity index (χ1) is 19.4. The van der Waals surface area contributed by atoms with Gasteiger partial charge in [-0.2, -0.15) is 8.42 Å². The van der Waals surface area contributed by atoms with Crippen LogP contribution in [0.2, 0.25) is 0 Å². The van der Waals surface area contributed by atoms with Crippen molar-refractivity contribution >= 4 is 21.7 Å². The summed E-state index contributed by atoms with van der Waals surface area (Å²) in [5.74, 6) is -4.12. The lowest BCUT2D eigenvalue weighted by Crippen LogP contribution is -2.71. The van der Waals surface area contributed by atoms with E-state index in [0.29, 0.717) is 0 Å². The van der Waals surface area contributed by atoms with Crippen molar-refractivity contribution in [2.24, 2.45) is 22.7 Å². The van der Waals surface area contributed by atoms with E-state index in [1.165, 1.54) is 31.2 Å². The normalized spacial score (nSPS) is 43.7. The monoisotopic (exact) mass is 606 g/mol. The van der Waals surface area contributed by atoms with E-state index in [1.54, 1.807) is 39.8 Å². The molecule has 0 spiro atoms. The van der Waals surface area contributed by atoms with Crippen LogP contribution in [0.3, 0.4) is 0 Å². The number of rotatable bonds is 5. The van der Waals surface area contributed by atoms with Gasteiger partial charge in [0.25, 0.3) is 10.1 Å². The summed E-state index contributed by atoms with van der Waals surface area (Å²) in [4.78, 5) is 26.1. The minimum absolute atomic E-state index is 0.00345. The second kappa shape index (κ2) is 9.11. The average Bonchev–Trinajstić information content (AvgIpc) is 3.31. The van der Waals surface area contributed by atoms with E-state index in [4.69, 9.17) is 13.7 Å². The molecule has 4 fully saturated rings. The molecule has 1 aliphatic heterocycles. The van der Waals surface area contributed by atoms with Gasteiger partial charge in [-0.25, -0.2) is 8.78 Å². The number of benzene rings is 1. The van der Waals surface area contributed by atoms with E-state index < -0.39 is 86.4 Å². The van der Waals surface area contributed by atoms with Crippen molar-refractivity contribution in [3.8, 4) is 0 Å². The Labute approximate surface area is 244 Å². The molecule has 0 aromatic heterocycles. The number of hydrogen-bond donors (Lipinski definition) is 1. The number of carbonyl (C=O) groups is 2. The second-order valence-corrected chi connectivity index (χ2v) is 15.0. The fourth-order valence-electron chi connectivity index (χ4n) is 8.81. The van der Waals surface area contributed by atoms with Crippen molar-refractivity contribution in [1.82, 2.24) is 0 Å². The Balaban J connectivity index is 1.38. The van der Waals surface area contributed by atoms with Gasteiger partial charge < -0.3 is 14.6 Å². The summed E-state index contributed by atoms with van der Waals surface area (Å²) in [6, 6.07) is 5.98. The van der Waals surface area contributed by atoms with Crippen molar-refractivity contribution in [3.05, 3.63) is 53.6 Å². The highest BCUT2D eigenvalue weighted by molar-refractivity contribution is 7.86. The molecule has 1 heterocycles. The number of aliphatic hydroxyl groups excluding tert-OH is 1. The van der Waals surface area contributed by atoms with Crippen molar-refractivity contribution in [1.29, 1.82) is 0 Å². The number of aliphatic hydroxyl groups is 1. The average molecular weight is 607 g/mol. The minimum Gasteiger partial charge on any atom is -0.390 e. The van der Waals surface area contributed by atoms with Crippen LogP contribution >= 0.6 is 0 Å². The third kappa shape index (κ3) is 3.79. The number of alkyl halides is 2. The molecule has 0 radical (unpaired) electrons. The molecule has 1 saturated heterocycles. The molecule has 0 amide bonds. The summed E-state index contributed by atoms with van der Waals surface area (Å²) in [6.07, 6.45) is -0.936. The molecule has 5 aliphatic rings. The number of allylic oxidation sites excluding steroid dienone is 4. The van der Waals surface area contributed by atoms with E-state index in [1.807, 2.05) is 0 Å². The van der Waals surface area contributed by atoms with Gasteiger partial charge >= 0.3 is 0 Å². The van der Waals surface area contributed by atoms with E-state index in [2.05, 4.69) is 0 Å². The highest BCUT2D eigenvalue weighted by Crippen LogP contribution is 2.72. The number of aryl methyl sites for hydroxylation is 1. The Bertz CT molecular complexity index is 1520. The highest BCUT2D eigenvalue weighted by Gasteiger charge is 2.80. The molecule has 11 heteroatoms. The van der Waals surface area contributed by atoms with Gasteiger partial charge in [0.05, 0.1) is 17.1 Å². The topological polar surface area (TPSA) is 116 Å². The van der Waals surface area contributed by atoms with Crippen molar-refractivity contribution < 1.29 is 45.6 Å². The summed E-state index contributed by atoms with van der Waals surface area (Å²) in [5.41, 5.74) is -6.11. The van der Waals surface area contributed by atoms with Gasteiger partial charge in [0.1, 0.15) is 12.8 Å². The predicted molar refractivity (Wildman–Crippen MR) is 146 cm³/mol. The molecule has 0 bridgehead atoms. The van der Waals surface area contributed by atoms with E-state index in [9.17, 15) is 23.1 Å².